The van der Waals surface area contributed by atoms with Crippen molar-refractivity contribution in [3.63, 3.8) is 0 Å². The molecule has 3 nitrogen and oxygen atoms in total. The maximum Gasteiger partial charge on any atom is 0.206 e. The molecule has 0 saturated heterocycles. The van der Waals surface area contributed by atoms with Crippen LogP contribution < -0.4 is 4.90 Å². The Kier molecular flexibility index (Phi) is 3.78. The molecule has 4 heteroatoms. The third-order valence-corrected chi connectivity index (χ3v) is 4.47. The molecule has 1 aliphatic carbocycles. The van der Waals surface area contributed by atoms with E-state index in [2.05, 4.69) is 56.7 Å². The van der Waals surface area contributed by atoms with Crippen LogP contribution in [0.4, 0.5) is 5.95 Å². The molecule has 1 aromatic heterocycles. The zero-order valence-electron chi connectivity index (χ0n) is 11.3. The van der Waals surface area contributed by atoms with E-state index in [1.54, 1.807) is 0 Å². The smallest absolute Gasteiger partial charge is 0.206 e. The van der Waals surface area contributed by atoms with Crippen LogP contribution in [0.15, 0.2) is 24.3 Å². The van der Waals surface area contributed by atoms with Gasteiger partial charge in [0.15, 0.2) is 0 Å². The zero-order valence-corrected chi connectivity index (χ0v) is 12.9. The van der Waals surface area contributed by atoms with Crippen LogP contribution in [0.2, 0.25) is 0 Å². The van der Waals surface area contributed by atoms with Crippen molar-refractivity contribution in [1.82, 2.24) is 9.55 Å². The molecule has 0 radical (unpaired) electrons. The first-order valence-corrected chi connectivity index (χ1v) is 8.17. The first-order chi connectivity index (χ1) is 9.31. The van der Waals surface area contributed by atoms with Crippen LogP contribution in [0.3, 0.4) is 0 Å². The van der Waals surface area contributed by atoms with E-state index in [9.17, 15) is 0 Å². The lowest BCUT2D eigenvalue weighted by molar-refractivity contribution is 0.600. The lowest BCUT2D eigenvalue weighted by atomic mass is 10.2. The highest BCUT2D eigenvalue weighted by Gasteiger charge is 2.25. The Balaban J connectivity index is 2.01. The molecule has 0 aliphatic heterocycles. The Hall–Kier alpha value is -1.03. The second-order valence-electron chi connectivity index (χ2n) is 5.28. The van der Waals surface area contributed by atoms with Crippen molar-refractivity contribution in [2.45, 2.75) is 31.7 Å². The third kappa shape index (κ3) is 2.38. The summed E-state index contributed by atoms with van der Waals surface area (Å²) in [5.41, 5.74) is 2.31. The highest BCUT2D eigenvalue weighted by atomic mass is 79.9. The van der Waals surface area contributed by atoms with Crippen LogP contribution in [-0.4, -0.2) is 27.5 Å². The molecule has 2 aromatic rings. The number of benzene rings is 1. The van der Waals surface area contributed by atoms with Crippen molar-refractivity contribution in [1.29, 1.82) is 0 Å². The van der Waals surface area contributed by atoms with E-state index in [0.29, 0.717) is 6.04 Å². The van der Waals surface area contributed by atoms with E-state index >= 15 is 0 Å². The fourth-order valence-corrected chi connectivity index (χ4v) is 3.52. The predicted octanol–water partition coefficient (Wildman–Crippen LogP) is 3.72. The van der Waals surface area contributed by atoms with Crippen LogP contribution in [0.1, 0.15) is 25.7 Å². The summed E-state index contributed by atoms with van der Waals surface area (Å²) in [7, 11) is 2.13. The minimum Gasteiger partial charge on any atom is -0.338 e. The van der Waals surface area contributed by atoms with Crippen LogP contribution >= 0.6 is 15.9 Å². The van der Waals surface area contributed by atoms with Crippen molar-refractivity contribution in [3.8, 4) is 0 Å². The fourth-order valence-electron chi connectivity index (χ4n) is 3.14. The zero-order chi connectivity index (χ0) is 13.2. The van der Waals surface area contributed by atoms with Crippen LogP contribution in [0.25, 0.3) is 11.0 Å². The molecule has 102 valence electrons. The monoisotopic (exact) mass is 321 g/mol. The Morgan fingerprint density at radius 3 is 2.74 bits per heavy atom. The third-order valence-electron chi connectivity index (χ3n) is 4.11. The molecule has 0 N–H and O–H groups in total. The van der Waals surface area contributed by atoms with E-state index in [1.807, 2.05) is 0 Å². The quantitative estimate of drug-likeness (QED) is 0.800. The van der Waals surface area contributed by atoms with Crippen molar-refractivity contribution < 1.29 is 0 Å². The molecule has 1 heterocycles. The van der Waals surface area contributed by atoms with Crippen LogP contribution in [0.5, 0.6) is 0 Å². The summed E-state index contributed by atoms with van der Waals surface area (Å²) < 4.78 is 2.23. The van der Waals surface area contributed by atoms with Crippen molar-refractivity contribution >= 4 is 32.9 Å². The van der Waals surface area contributed by atoms with E-state index in [1.165, 1.54) is 31.2 Å². The van der Waals surface area contributed by atoms with Gasteiger partial charge in [-0.1, -0.05) is 40.9 Å². The highest BCUT2D eigenvalue weighted by Crippen LogP contribution is 2.29. The van der Waals surface area contributed by atoms with Crippen molar-refractivity contribution in [2.24, 2.45) is 7.05 Å². The summed E-state index contributed by atoms with van der Waals surface area (Å²) in [6, 6.07) is 9.04. The van der Waals surface area contributed by atoms with Gasteiger partial charge in [0.2, 0.25) is 5.95 Å². The minimum absolute atomic E-state index is 0.660. The molecule has 1 saturated carbocycles. The Labute approximate surface area is 122 Å². The highest BCUT2D eigenvalue weighted by molar-refractivity contribution is 9.09. The van der Waals surface area contributed by atoms with E-state index in [4.69, 9.17) is 4.98 Å². The van der Waals surface area contributed by atoms with E-state index in [-0.39, 0.29) is 0 Å². The molecule has 0 amide bonds. The summed E-state index contributed by atoms with van der Waals surface area (Å²) in [4.78, 5) is 7.33. The number of anilines is 1. The molecule has 1 fully saturated rings. The second-order valence-corrected chi connectivity index (χ2v) is 6.07. The number of halogens is 1. The van der Waals surface area contributed by atoms with Crippen molar-refractivity contribution in [3.05, 3.63) is 24.3 Å². The predicted molar refractivity (Wildman–Crippen MR) is 84.1 cm³/mol. The average molecular weight is 322 g/mol. The average Bonchev–Trinajstić information content (AvgIpc) is 3.05. The summed E-state index contributed by atoms with van der Waals surface area (Å²) in [5, 5.41) is 0.993. The van der Waals surface area contributed by atoms with Gasteiger partial charge < -0.3 is 9.47 Å². The van der Waals surface area contributed by atoms with Crippen LogP contribution in [0, 0.1) is 0 Å². The molecule has 3 rings (SSSR count). The summed E-state index contributed by atoms with van der Waals surface area (Å²) >= 11 is 3.58. The Morgan fingerprint density at radius 2 is 2.05 bits per heavy atom. The topological polar surface area (TPSA) is 21.1 Å². The van der Waals surface area contributed by atoms with Gasteiger partial charge in [0.05, 0.1) is 11.0 Å². The molecule has 1 aliphatic rings. The molecule has 1 aromatic carbocycles. The molecular formula is C15H20BrN3. The molecule has 0 spiro atoms. The number of fused-ring (bicyclic) bond motifs is 1. The lowest BCUT2D eigenvalue weighted by Gasteiger charge is -2.29. The minimum atomic E-state index is 0.660. The van der Waals surface area contributed by atoms with E-state index in [0.717, 1.165) is 23.3 Å². The van der Waals surface area contributed by atoms with Crippen LogP contribution in [-0.2, 0) is 7.05 Å². The number of para-hydroxylation sites is 2. The van der Waals surface area contributed by atoms with Gasteiger partial charge in [-0.25, -0.2) is 4.98 Å². The Bertz CT molecular complexity index is 558. The maximum atomic E-state index is 4.84. The van der Waals surface area contributed by atoms with Gasteiger partial charge in [0.25, 0.3) is 0 Å². The van der Waals surface area contributed by atoms with E-state index < -0.39 is 0 Å². The molecule has 0 bridgehead atoms. The SMILES string of the molecule is Cn1c(N(CCBr)C2CCCC2)nc2ccccc21. The Morgan fingerprint density at radius 1 is 1.32 bits per heavy atom. The number of imidazole rings is 1. The summed E-state index contributed by atoms with van der Waals surface area (Å²) in [6.45, 7) is 1.03. The number of hydrogen-bond acceptors (Lipinski definition) is 2. The number of nitrogens with zero attached hydrogens (tertiary/aromatic N) is 3. The van der Waals surface area contributed by atoms with Gasteiger partial charge in [0, 0.05) is 25.0 Å². The molecule has 19 heavy (non-hydrogen) atoms. The molecular weight excluding hydrogens is 302 g/mol. The largest absolute Gasteiger partial charge is 0.338 e. The number of aryl methyl sites for hydroxylation is 1. The van der Waals surface area contributed by atoms with Gasteiger partial charge in [-0.15, -0.1) is 0 Å². The number of rotatable bonds is 4. The van der Waals surface area contributed by atoms with Gasteiger partial charge in [0.1, 0.15) is 0 Å². The number of hydrogen-bond donors (Lipinski definition) is 0. The summed E-state index contributed by atoms with van der Waals surface area (Å²) in [5.74, 6) is 1.12. The maximum absolute atomic E-state index is 4.84. The van der Waals surface area contributed by atoms with Gasteiger partial charge >= 0.3 is 0 Å². The first-order valence-electron chi connectivity index (χ1n) is 7.05. The van der Waals surface area contributed by atoms with Crippen molar-refractivity contribution in [2.75, 3.05) is 16.8 Å². The van der Waals surface area contributed by atoms with Gasteiger partial charge in [-0.2, -0.15) is 0 Å². The molecule has 0 atom stereocenters. The second kappa shape index (κ2) is 5.53. The number of aromatic nitrogens is 2. The first kappa shape index (κ1) is 13.0. The summed E-state index contributed by atoms with van der Waals surface area (Å²) in [6.07, 6.45) is 5.31. The lowest BCUT2D eigenvalue weighted by Crippen LogP contribution is -2.36. The number of alkyl halides is 1. The standard InChI is InChI=1S/C15H20BrN3/c1-18-14-9-5-4-8-13(14)17-15(18)19(11-10-16)12-6-2-3-7-12/h4-5,8-9,12H,2-3,6-7,10-11H2,1H3. The normalized spacial score (nSPS) is 16.3. The van der Waals surface area contributed by atoms with Gasteiger partial charge in [-0.3, -0.25) is 0 Å². The fraction of sp³-hybridized carbons (Fsp3) is 0.533. The molecule has 0 unspecified atom stereocenters. The van der Waals surface area contributed by atoms with Gasteiger partial charge in [-0.05, 0) is 25.0 Å².